The largest absolute Gasteiger partial charge is 0.368 e. The molecule has 0 spiro atoms. The summed E-state index contributed by atoms with van der Waals surface area (Å²) in [5.41, 5.74) is 4.40. The molecule has 5 heteroatoms. The molecule has 0 fully saturated rings. The molecule has 1 aromatic heterocycles. The molecule has 0 radical (unpaired) electrons. The predicted molar refractivity (Wildman–Crippen MR) is 94.0 cm³/mol. The molecule has 0 aliphatic heterocycles. The summed E-state index contributed by atoms with van der Waals surface area (Å²) in [5.74, 6) is 0.952. The van der Waals surface area contributed by atoms with Crippen molar-refractivity contribution in [3.63, 3.8) is 0 Å². The molecule has 5 nitrogen and oxygen atoms in total. The van der Waals surface area contributed by atoms with Crippen molar-refractivity contribution in [1.29, 1.82) is 0 Å². The summed E-state index contributed by atoms with van der Waals surface area (Å²) in [7, 11) is 0. The molecule has 0 aliphatic carbocycles. The summed E-state index contributed by atoms with van der Waals surface area (Å²) >= 11 is 0. The Labute approximate surface area is 137 Å². The maximum Gasteiger partial charge on any atom is 0.276 e. The number of carbonyl (C=O) groups excluding carboxylic acids is 1. The van der Waals surface area contributed by atoms with E-state index in [2.05, 4.69) is 34.7 Å². The van der Waals surface area contributed by atoms with Crippen molar-refractivity contribution >= 4 is 17.4 Å². The Kier molecular flexibility index (Phi) is 5.32. The van der Waals surface area contributed by atoms with Gasteiger partial charge in [-0.1, -0.05) is 31.5 Å². The van der Waals surface area contributed by atoms with Crippen LogP contribution >= 0.6 is 0 Å². The van der Waals surface area contributed by atoms with E-state index in [1.165, 1.54) is 5.56 Å². The molecule has 1 aromatic carbocycles. The summed E-state index contributed by atoms with van der Waals surface area (Å²) in [6.07, 6.45) is 0. The number of hydrogen-bond acceptors (Lipinski definition) is 4. The Morgan fingerprint density at radius 3 is 2.26 bits per heavy atom. The quantitative estimate of drug-likeness (QED) is 0.883. The van der Waals surface area contributed by atoms with E-state index in [-0.39, 0.29) is 5.91 Å². The van der Waals surface area contributed by atoms with Gasteiger partial charge in [-0.2, -0.15) is 0 Å². The number of nitrogens with zero attached hydrogens (tertiary/aromatic N) is 2. The number of aryl methyl sites for hydroxylation is 3. The van der Waals surface area contributed by atoms with Crippen molar-refractivity contribution in [1.82, 2.24) is 10.2 Å². The van der Waals surface area contributed by atoms with Crippen LogP contribution in [-0.2, 0) is 0 Å². The monoisotopic (exact) mass is 312 g/mol. The number of rotatable bonds is 5. The van der Waals surface area contributed by atoms with Crippen LogP contribution in [0.5, 0.6) is 0 Å². The smallest absolute Gasteiger partial charge is 0.276 e. The molecule has 1 heterocycles. The summed E-state index contributed by atoms with van der Waals surface area (Å²) in [4.78, 5) is 12.3. The minimum Gasteiger partial charge on any atom is -0.368 e. The third kappa shape index (κ3) is 4.52. The Morgan fingerprint density at radius 1 is 1.09 bits per heavy atom. The molecule has 23 heavy (non-hydrogen) atoms. The molecule has 0 saturated heterocycles. The zero-order chi connectivity index (χ0) is 17.0. The normalized spacial score (nSPS) is 10.7. The molecule has 2 N–H and O–H groups in total. The lowest BCUT2D eigenvalue weighted by molar-refractivity contribution is 0.102. The number of amides is 1. The standard InChI is InChI=1S/C18H24N4O/c1-11(2)10-19-16-7-6-15(21-22-16)18(23)20-17-13(4)8-12(3)9-14(17)5/h6-9,11H,10H2,1-5H3,(H,19,22)(H,20,23). The van der Waals surface area contributed by atoms with Gasteiger partial charge in [0, 0.05) is 12.2 Å². The molecule has 2 rings (SSSR count). The summed E-state index contributed by atoms with van der Waals surface area (Å²) in [5, 5.41) is 14.2. The van der Waals surface area contributed by atoms with Crippen LogP contribution in [0.25, 0.3) is 0 Å². The van der Waals surface area contributed by atoms with Crippen LogP contribution in [0, 0.1) is 26.7 Å². The van der Waals surface area contributed by atoms with Gasteiger partial charge in [-0.25, -0.2) is 0 Å². The number of aromatic nitrogens is 2. The maximum absolute atomic E-state index is 12.3. The second-order valence-corrected chi connectivity index (χ2v) is 6.31. The van der Waals surface area contributed by atoms with Gasteiger partial charge < -0.3 is 10.6 Å². The van der Waals surface area contributed by atoms with Crippen molar-refractivity contribution in [2.75, 3.05) is 17.2 Å². The van der Waals surface area contributed by atoms with Crippen molar-refractivity contribution in [2.45, 2.75) is 34.6 Å². The van der Waals surface area contributed by atoms with Crippen LogP contribution in [0.15, 0.2) is 24.3 Å². The topological polar surface area (TPSA) is 66.9 Å². The van der Waals surface area contributed by atoms with E-state index in [0.29, 0.717) is 17.4 Å². The van der Waals surface area contributed by atoms with Crippen LogP contribution in [0.3, 0.4) is 0 Å². The second-order valence-electron chi connectivity index (χ2n) is 6.31. The summed E-state index contributed by atoms with van der Waals surface area (Å²) in [6, 6.07) is 7.56. The molecule has 0 bridgehead atoms. The molecule has 0 aliphatic rings. The predicted octanol–water partition coefficient (Wildman–Crippen LogP) is 3.72. The first-order valence-corrected chi connectivity index (χ1v) is 7.83. The minimum atomic E-state index is -0.247. The van der Waals surface area contributed by atoms with E-state index < -0.39 is 0 Å². The zero-order valence-corrected chi connectivity index (χ0v) is 14.4. The maximum atomic E-state index is 12.3. The highest BCUT2D eigenvalue weighted by atomic mass is 16.1. The Bertz CT molecular complexity index is 670. The van der Waals surface area contributed by atoms with Gasteiger partial charge >= 0.3 is 0 Å². The Balaban J connectivity index is 2.09. The number of anilines is 2. The average molecular weight is 312 g/mol. The first-order valence-electron chi connectivity index (χ1n) is 7.83. The number of carbonyl (C=O) groups is 1. The van der Waals surface area contributed by atoms with Crippen LogP contribution in [0.4, 0.5) is 11.5 Å². The zero-order valence-electron chi connectivity index (χ0n) is 14.4. The highest BCUT2D eigenvalue weighted by Crippen LogP contribution is 2.22. The number of nitrogens with one attached hydrogen (secondary N) is 2. The lowest BCUT2D eigenvalue weighted by atomic mass is 10.1. The van der Waals surface area contributed by atoms with Crippen molar-refractivity contribution in [2.24, 2.45) is 5.92 Å². The van der Waals surface area contributed by atoms with E-state index >= 15 is 0 Å². The van der Waals surface area contributed by atoms with Crippen LogP contribution in [-0.4, -0.2) is 22.6 Å². The van der Waals surface area contributed by atoms with E-state index in [1.807, 2.05) is 32.9 Å². The van der Waals surface area contributed by atoms with Crippen molar-refractivity contribution in [3.8, 4) is 0 Å². The highest BCUT2D eigenvalue weighted by Gasteiger charge is 2.12. The fourth-order valence-electron chi connectivity index (χ4n) is 2.41. The van der Waals surface area contributed by atoms with E-state index in [1.54, 1.807) is 12.1 Å². The first-order chi connectivity index (χ1) is 10.9. The highest BCUT2D eigenvalue weighted by molar-refractivity contribution is 6.03. The van der Waals surface area contributed by atoms with E-state index in [0.717, 1.165) is 23.4 Å². The number of hydrogen-bond donors (Lipinski definition) is 2. The van der Waals surface area contributed by atoms with Crippen molar-refractivity contribution < 1.29 is 4.79 Å². The van der Waals surface area contributed by atoms with Gasteiger partial charge in [-0.3, -0.25) is 4.79 Å². The molecule has 0 saturated carbocycles. The SMILES string of the molecule is Cc1cc(C)c(NC(=O)c2ccc(NCC(C)C)nn2)c(C)c1. The fraction of sp³-hybridized carbons (Fsp3) is 0.389. The average Bonchev–Trinajstić information content (AvgIpc) is 2.49. The summed E-state index contributed by atoms with van der Waals surface area (Å²) in [6.45, 7) is 11.1. The Morgan fingerprint density at radius 2 is 1.74 bits per heavy atom. The number of benzene rings is 1. The molecule has 1 amide bonds. The van der Waals surface area contributed by atoms with Gasteiger partial charge in [-0.05, 0) is 49.9 Å². The minimum absolute atomic E-state index is 0.247. The fourth-order valence-corrected chi connectivity index (χ4v) is 2.41. The lowest BCUT2D eigenvalue weighted by Gasteiger charge is -2.12. The van der Waals surface area contributed by atoms with Gasteiger partial charge in [0.25, 0.3) is 5.91 Å². The molecular weight excluding hydrogens is 288 g/mol. The van der Waals surface area contributed by atoms with Gasteiger partial charge in [0.1, 0.15) is 5.82 Å². The molecular formula is C18H24N4O. The molecule has 0 atom stereocenters. The van der Waals surface area contributed by atoms with Crippen LogP contribution in [0.1, 0.15) is 41.0 Å². The third-order valence-electron chi connectivity index (χ3n) is 3.50. The van der Waals surface area contributed by atoms with Gasteiger partial charge in [-0.15, -0.1) is 10.2 Å². The molecule has 122 valence electrons. The first kappa shape index (κ1) is 16.9. The van der Waals surface area contributed by atoms with E-state index in [4.69, 9.17) is 0 Å². The lowest BCUT2D eigenvalue weighted by Crippen LogP contribution is -2.17. The van der Waals surface area contributed by atoms with Gasteiger partial charge in [0.2, 0.25) is 0 Å². The third-order valence-corrected chi connectivity index (χ3v) is 3.50. The summed E-state index contributed by atoms with van der Waals surface area (Å²) < 4.78 is 0. The van der Waals surface area contributed by atoms with Gasteiger partial charge in [0.15, 0.2) is 5.69 Å². The second kappa shape index (κ2) is 7.22. The Hall–Kier alpha value is -2.43. The molecule has 0 unspecified atom stereocenters. The van der Waals surface area contributed by atoms with Crippen LogP contribution in [0.2, 0.25) is 0 Å². The van der Waals surface area contributed by atoms with Gasteiger partial charge in [0.05, 0.1) is 0 Å². The van der Waals surface area contributed by atoms with Crippen molar-refractivity contribution in [3.05, 3.63) is 46.6 Å². The molecule has 2 aromatic rings. The van der Waals surface area contributed by atoms with E-state index in [9.17, 15) is 4.79 Å². The van der Waals surface area contributed by atoms with Crippen LogP contribution < -0.4 is 10.6 Å².